The Bertz CT molecular complexity index is 1610. The molecule has 3 aromatic carbocycles. The molecule has 0 saturated heterocycles. The van der Waals surface area contributed by atoms with Crippen molar-refractivity contribution in [3.8, 4) is 0 Å². The number of aromatic nitrogens is 1. The fourth-order valence-electron chi connectivity index (χ4n) is 5.80. The summed E-state index contributed by atoms with van der Waals surface area (Å²) in [5.41, 5.74) is 3.96. The van der Waals surface area contributed by atoms with Crippen LogP contribution in [-0.2, 0) is 16.0 Å². The van der Waals surface area contributed by atoms with Crippen molar-refractivity contribution in [1.82, 2.24) is 15.2 Å². The molecule has 2 bridgehead atoms. The van der Waals surface area contributed by atoms with Gasteiger partial charge in [0.1, 0.15) is 6.04 Å². The van der Waals surface area contributed by atoms with Crippen LogP contribution in [0.3, 0.4) is 0 Å². The van der Waals surface area contributed by atoms with Crippen molar-refractivity contribution in [3.63, 3.8) is 0 Å². The third-order valence-electron chi connectivity index (χ3n) is 7.94. The Kier molecular flexibility index (Phi) is 7.29. The van der Waals surface area contributed by atoms with Crippen LogP contribution in [0.1, 0.15) is 63.4 Å². The summed E-state index contributed by atoms with van der Waals surface area (Å²) in [5, 5.41) is 6.95. The van der Waals surface area contributed by atoms with E-state index in [0.717, 1.165) is 39.8 Å². The summed E-state index contributed by atoms with van der Waals surface area (Å²) in [5.74, 6) is -1.32. The Morgan fingerprint density at radius 3 is 2.37 bits per heavy atom. The van der Waals surface area contributed by atoms with E-state index in [-0.39, 0.29) is 24.2 Å². The van der Waals surface area contributed by atoms with Crippen LogP contribution in [0, 0.1) is 0 Å². The van der Waals surface area contributed by atoms with E-state index < -0.39 is 17.9 Å². The maximum absolute atomic E-state index is 13.3. The summed E-state index contributed by atoms with van der Waals surface area (Å²) in [6.45, 7) is 0.421. The highest BCUT2D eigenvalue weighted by molar-refractivity contribution is 6.22. The summed E-state index contributed by atoms with van der Waals surface area (Å²) in [4.78, 5) is 58.4. The van der Waals surface area contributed by atoms with Gasteiger partial charge in [-0.1, -0.05) is 61.0 Å². The number of hydrogen-bond acceptors (Lipinski definition) is 5. The minimum Gasteiger partial charge on any atom is -0.354 e. The van der Waals surface area contributed by atoms with Gasteiger partial charge in [-0.3, -0.25) is 29.1 Å². The van der Waals surface area contributed by atoms with Crippen LogP contribution in [0.25, 0.3) is 10.9 Å². The number of fused-ring (bicyclic) bond motifs is 12. The van der Waals surface area contributed by atoms with Gasteiger partial charge in [0.25, 0.3) is 11.8 Å². The van der Waals surface area contributed by atoms with Crippen molar-refractivity contribution in [2.45, 2.75) is 44.1 Å². The number of benzene rings is 3. The molecule has 0 aliphatic carbocycles. The van der Waals surface area contributed by atoms with E-state index >= 15 is 0 Å². The highest BCUT2D eigenvalue weighted by atomic mass is 16.2. The molecule has 4 heterocycles. The summed E-state index contributed by atoms with van der Waals surface area (Å²) >= 11 is 0. The smallest absolute Gasteiger partial charge is 0.262 e. The largest absolute Gasteiger partial charge is 0.354 e. The molecule has 0 saturated carbocycles. The van der Waals surface area contributed by atoms with Crippen LogP contribution >= 0.6 is 0 Å². The van der Waals surface area contributed by atoms with E-state index in [4.69, 9.17) is 0 Å². The van der Waals surface area contributed by atoms with E-state index in [0.29, 0.717) is 36.2 Å². The minimum atomic E-state index is -0.954. The van der Waals surface area contributed by atoms with Gasteiger partial charge < -0.3 is 10.6 Å². The highest BCUT2D eigenvalue weighted by Gasteiger charge is 2.42. The van der Waals surface area contributed by atoms with Gasteiger partial charge >= 0.3 is 0 Å². The van der Waals surface area contributed by atoms with Gasteiger partial charge in [0.05, 0.1) is 22.3 Å². The second-order valence-corrected chi connectivity index (χ2v) is 10.6. The lowest BCUT2D eigenvalue weighted by molar-refractivity contribution is -0.125. The number of imide groups is 1. The van der Waals surface area contributed by atoms with Crippen LogP contribution in [-0.4, -0.2) is 46.1 Å². The summed E-state index contributed by atoms with van der Waals surface area (Å²) in [6.07, 6.45) is 4.52. The van der Waals surface area contributed by atoms with Crippen molar-refractivity contribution in [2.24, 2.45) is 0 Å². The standard InChI is InChI=1S/C33H30N4O4/c38-29(36-27-12-5-8-23-9-6-18-34-30(23)27)20-24-7-3-4-17-35-31(39)28(19-21-13-15-22(24)16-14-21)37-32(40)25-10-1-2-11-26(25)33(37)41/h1-2,5-6,8-16,18,24,28H,3-4,7,17,19-20H2,(H,35,39)(H,36,38)/t24?,28-/m0/s1. The molecule has 3 aliphatic rings. The van der Waals surface area contributed by atoms with E-state index in [1.54, 1.807) is 30.5 Å². The van der Waals surface area contributed by atoms with Crippen LogP contribution in [0.5, 0.6) is 0 Å². The van der Waals surface area contributed by atoms with Crippen molar-refractivity contribution >= 4 is 40.2 Å². The molecule has 1 unspecified atom stereocenters. The fourth-order valence-corrected chi connectivity index (χ4v) is 5.80. The molecule has 206 valence electrons. The van der Waals surface area contributed by atoms with Gasteiger partial charge in [-0.2, -0.15) is 0 Å². The van der Waals surface area contributed by atoms with Gasteiger partial charge in [-0.05, 0) is 54.2 Å². The number of carbonyl (C=O) groups is 4. The topological polar surface area (TPSA) is 108 Å². The second-order valence-electron chi connectivity index (χ2n) is 10.6. The van der Waals surface area contributed by atoms with Crippen molar-refractivity contribution in [2.75, 3.05) is 11.9 Å². The third kappa shape index (κ3) is 5.33. The molecule has 0 radical (unpaired) electrons. The first-order valence-electron chi connectivity index (χ1n) is 14.0. The van der Waals surface area contributed by atoms with Crippen molar-refractivity contribution in [1.29, 1.82) is 0 Å². The maximum atomic E-state index is 13.3. The molecular formula is C33H30N4O4. The monoisotopic (exact) mass is 546 g/mol. The predicted octanol–water partition coefficient (Wildman–Crippen LogP) is 4.85. The first-order valence-corrected chi connectivity index (χ1v) is 14.0. The third-order valence-corrected chi connectivity index (χ3v) is 7.94. The maximum Gasteiger partial charge on any atom is 0.262 e. The number of hydrogen-bond donors (Lipinski definition) is 2. The average molecular weight is 547 g/mol. The Morgan fingerprint density at radius 1 is 0.878 bits per heavy atom. The quantitative estimate of drug-likeness (QED) is 0.356. The lowest BCUT2D eigenvalue weighted by atomic mass is 9.89. The Balaban J connectivity index is 1.21. The molecule has 8 nitrogen and oxygen atoms in total. The van der Waals surface area contributed by atoms with E-state index in [2.05, 4.69) is 15.6 Å². The van der Waals surface area contributed by atoms with Crippen molar-refractivity contribution in [3.05, 3.63) is 107 Å². The number of pyridine rings is 1. The van der Waals surface area contributed by atoms with Gasteiger partial charge in [0.15, 0.2) is 0 Å². The predicted molar refractivity (Wildman–Crippen MR) is 155 cm³/mol. The zero-order valence-electron chi connectivity index (χ0n) is 22.5. The van der Waals surface area contributed by atoms with Gasteiger partial charge in [0.2, 0.25) is 11.8 Å². The molecule has 1 aromatic heterocycles. The number of rotatable bonds is 4. The van der Waals surface area contributed by atoms with Crippen LogP contribution in [0.4, 0.5) is 5.69 Å². The summed E-state index contributed by atoms with van der Waals surface area (Å²) in [6, 6.07) is 23.1. The van der Waals surface area contributed by atoms with Crippen LogP contribution < -0.4 is 10.6 Å². The molecule has 4 amide bonds. The molecule has 8 heteroatoms. The first-order chi connectivity index (χ1) is 20.0. The molecule has 41 heavy (non-hydrogen) atoms. The van der Waals surface area contributed by atoms with Gasteiger partial charge in [-0.25, -0.2) is 0 Å². The van der Waals surface area contributed by atoms with E-state index in [1.807, 2.05) is 54.6 Å². The fraction of sp³-hybridized carbons (Fsp3) is 0.242. The SMILES string of the molecule is O=C(CC1CCCCNC(=O)[C@@H](N2C(=O)c3ccccc3C2=O)Cc2ccc1cc2)Nc1cccc2cccnc12. The van der Waals surface area contributed by atoms with E-state index in [1.165, 1.54) is 0 Å². The number of nitrogens with zero attached hydrogens (tertiary/aromatic N) is 2. The number of nitrogens with one attached hydrogen (secondary N) is 2. The molecular weight excluding hydrogens is 516 g/mol. The lowest BCUT2D eigenvalue weighted by Gasteiger charge is -2.25. The zero-order valence-corrected chi connectivity index (χ0v) is 22.5. The number of anilines is 1. The highest BCUT2D eigenvalue weighted by Crippen LogP contribution is 2.30. The van der Waals surface area contributed by atoms with Crippen LogP contribution in [0.2, 0.25) is 0 Å². The Morgan fingerprint density at radius 2 is 1.61 bits per heavy atom. The zero-order chi connectivity index (χ0) is 28.3. The Hall–Kier alpha value is -4.85. The van der Waals surface area contributed by atoms with Crippen LogP contribution in [0.15, 0.2) is 85.1 Å². The van der Waals surface area contributed by atoms with Gasteiger partial charge in [0, 0.05) is 31.0 Å². The molecule has 7 rings (SSSR count). The summed E-state index contributed by atoms with van der Waals surface area (Å²) < 4.78 is 0. The molecule has 2 N–H and O–H groups in total. The van der Waals surface area contributed by atoms with Gasteiger partial charge in [-0.15, -0.1) is 0 Å². The minimum absolute atomic E-state index is 0.00419. The average Bonchev–Trinajstić information content (AvgIpc) is 3.25. The molecule has 4 aromatic rings. The molecule has 2 atom stereocenters. The summed E-state index contributed by atoms with van der Waals surface area (Å²) in [7, 11) is 0. The molecule has 3 aliphatic heterocycles. The second kappa shape index (κ2) is 11.3. The first kappa shape index (κ1) is 26.4. The number of amides is 4. The molecule has 0 fully saturated rings. The number of carbonyl (C=O) groups excluding carboxylic acids is 4. The lowest BCUT2D eigenvalue weighted by Crippen LogP contribution is -2.50. The molecule has 0 spiro atoms. The normalized spacial score (nSPS) is 19.2. The van der Waals surface area contributed by atoms with E-state index in [9.17, 15) is 19.2 Å². The van der Waals surface area contributed by atoms with Crippen molar-refractivity contribution < 1.29 is 19.2 Å². The number of para-hydroxylation sites is 1. The Labute approximate surface area is 237 Å².